The number of carbonyl (C=O) groups is 1. The quantitative estimate of drug-likeness (QED) is 0.498. The number of hydrogen-bond acceptors (Lipinski definition) is 1. The molecule has 0 heterocycles. The SMILES string of the molecule is CC(CCNC=O)CC(C)(C)C. The Morgan fingerprint density at radius 1 is 1.42 bits per heavy atom. The van der Waals surface area contributed by atoms with Gasteiger partial charge >= 0.3 is 0 Å². The van der Waals surface area contributed by atoms with Crippen molar-refractivity contribution in [3.05, 3.63) is 0 Å². The van der Waals surface area contributed by atoms with Gasteiger partial charge < -0.3 is 5.32 Å². The highest BCUT2D eigenvalue weighted by molar-refractivity contribution is 5.45. The van der Waals surface area contributed by atoms with Gasteiger partial charge in [0, 0.05) is 6.54 Å². The van der Waals surface area contributed by atoms with E-state index < -0.39 is 0 Å². The first kappa shape index (κ1) is 11.5. The number of carbonyl (C=O) groups excluding carboxylic acids is 1. The van der Waals surface area contributed by atoms with E-state index in [1.54, 1.807) is 0 Å². The smallest absolute Gasteiger partial charge is 0.207 e. The van der Waals surface area contributed by atoms with Crippen molar-refractivity contribution in [1.29, 1.82) is 0 Å². The fraction of sp³-hybridized carbons (Fsp3) is 0.900. The summed E-state index contributed by atoms with van der Waals surface area (Å²) in [5.74, 6) is 0.692. The molecule has 0 aromatic carbocycles. The van der Waals surface area contributed by atoms with Gasteiger partial charge in [0.25, 0.3) is 0 Å². The summed E-state index contributed by atoms with van der Waals surface area (Å²) in [6.07, 6.45) is 3.06. The molecule has 0 saturated heterocycles. The van der Waals surface area contributed by atoms with Crippen molar-refractivity contribution < 1.29 is 4.79 Å². The summed E-state index contributed by atoms with van der Waals surface area (Å²) >= 11 is 0. The summed E-state index contributed by atoms with van der Waals surface area (Å²) in [4.78, 5) is 9.96. The third-order valence-corrected chi connectivity index (χ3v) is 1.83. The molecule has 2 heteroatoms. The molecule has 0 fully saturated rings. The lowest BCUT2D eigenvalue weighted by atomic mass is 9.84. The largest absolute Gasteiger partial charge is 0.359 e. The highest BCUT2D eigenvalue weighted by atomic mass is 16.1. The Hall–Kier alpha value is -0.530. The van der Waals surface area contributed by atoms with Crippen molar-refractivity contribution in [1.82, 2.24) is 5.32 Å². The van der Waals surface area contributed by atoms with E-state index in [0.717, 1.165) is 19.4 Å². The minimum atomic E-state index is 0.403. The summed E-state index contributed by atoms with van der Waals surface area (Å²) in [5, 5.41) is 2.68. The number of rotatable bonds is 5. The molecule has 1 amide bonds. The highest BCUT2D eigenvalue weighted by Crippen LogP contribution is 2.25. The molecule has 1 N–H and O–H groups in total. The van der Waals surface area contributed by atoms with Gasteiger partial charge in [-0.25, -0.2) is 0 Å². The van der Waals surface area contributed by atoms with E-state index in [4.69, 9.17) is 0 Å². The first-order valence-corrected chi connectivity index (χ1v) is 4.63. The average Bonchev–Trinajstić information content (AvgIpc) is 1.84. The first-order chi connectivity index (χ1) is 5.45. The van der Waals surface area contributed by atoms with Crippen LogP contribution in [0.5, 0.6) is 0 Å². The average molecular weight is 171 g/mol. The molecule has 0 aliphatic carbocycles. The van der Waals surface area contributed by atoms with E-state index in [-0.39, 0.29) is 0 Å². The summed E-state index contributed by atoms with van der Waals surface area (Å²) in [5.41, 5.74) is 0.403. The van der Waals surface area contributed by atoms with Gasteiger partial charge in [0.15, 0.2) is 0 Å². The Labute approximate surface area is 75.7 Å². The molecule has 2 nitrogen and oxygen atoms in total. The Morgan fingerprint density at radius 2 is 2.00 bits per heavy atom. The molecule has 12 heavy (non-hydrogen) atoms. The summed E-state index contributed by atoms with van der Waals surface area (Å²) in [6, 6.07) is 0. The standard InChI is InChI=1S/C10H21NO/c1-9(5-6-11-8-12)7-10(2,3)4/h8-9H,5-7H2,1-4H3,(H,11,12). The molecule has 0 aliphatic rings. The Bertz CT molecular complexity index is 126. The van der Waals surface area contributed by atoms with E-state index in [1.165, 1.54) is 6.42 Å². The minimum Gasteiger partial charge on any atom is -0.359 e. The fourth-order valence-electron chi connectivity index (χ4n) is 1.54. The fourth-order valence-corrected chi connectivity index (χ4v) is 1.54. The van der Waals surface area contributed by atoms with Crippen molar-refractivity contribution in [3.8, 4) is 0 Å². The number of amides is 1. The summed E-state index contributed by atoms with van der Waals surface area (Å²) < 4.78 is 0. The molecule has 0 spiro atoms. The van der Waals surface area contributed by atoms with Crippen LogP contribution in [-0.4, -0.2) is 13.0 Å². The maximum Gasteiger partial charge on any atom is 0.207 e. The lowest BCUT2D eigenvalue weighted by Crippen LogP contribution is -2.18. The van der Waals surface area contributed by atoms with Crippen LogP contribution in [0.25, 0.3) is 0 Å². The Kier molecular flexibility index (Phi) is 4.95. The van der Waals surface area contributed by atoms with Gasteiger partial charge in [-0.15, -0.1) is 0 Å². The molecule has 1 unspecified atom stereocenters. The lowest BCUT2D eigenvalue weighted by Gasteiger charge is -2.22. The van der Waals surface area contributed by atoms with Gasteiger partial charge in [0.2, 0.25) is 6.41 Å². The van der Waals surface area contributed by atoms with E-state index in [1.807, 2.05) is 0 Å². The zero-order valence-corrected chi connectivity index (χ0v) is 8.68. The second kappa shape index (κ2) is 5.18. The second-order valence-corrected chi connectivity index (χ2v) is 4.73. The second-order valence-electron chi connectivity index (χ2n) is 4.73. The van der Waals surface area contributed by atoms with E-state index in [0.29, 0.717) is 11.3 Å². The van der Waals surface area contributed by atoms with Crippen molar-refractivity contribution in [2.45, 2.75) is 40.5 Å². The van der Waals surface area contributed by atoms with E-state index in [9.17, 15) is 4.79 Å². The first-order valence-electron chi connectivity index (χ1n) is 4.63. The van der Waals surface area contributed by atoms with Gasteiger partial charge in [0.1, 0.15) is 0 Å². The molecule has 0 radical (unpaired) electrons. The van der Waals surface area contributed by atoms with Gasteiger partial charge in [-0.3, -0.25) is 4.79 Å². The van der Waals surface area contributed by atoms with Crippen LogP contribution in [0.2, 0.25) is 0 Å². The van der Waals surface area contributed by atoms with Gasteiger partial charge in [-0.05, 0) is 24.2 Å². The van der Waals surface area contributed by atoms with Crippen LogP contribution in [0.15, 0.2) is 0 Å². The van der Waals surface area contributed by atoms with Crippen LogP contribution in [-0.2, 0) is 4.79 Å². The van der Waals surface area contributed by atoms with Crippen LogP contribution in [0.3, 0.4) is 0 Å². The van der Waals surface area contributed by atoms with Gasteiger partial charge in [0.05, 0.1) is 0 Å². The monoisotopic (exact) mass is 171 g/mol. The van der Waals surface area contributed by atoms with E-state index in [2.05, 4.69) is 33.0 Å². The molecule has 0 saturated carbocycles. The third kappa shape index (κ3) is 7.58. The molecular formula is C10H21NO. The topological polar surface area (TPSA) is 29.1 Å². The maximum atomic E-state index is 9.96. The number of nitrogens with one attached hydrogen (secondary N) is 1. The van der Waals surface area contributed by atoms with Crippen molar-refractivity contribution in [2.24, 2.45) is 11.3 Å². The Balaban J connectivity index is 3.46. The van der Waals surface area contributed by atoms with Gasteiger partial charge in [-0.1, -0.05) is 27.7 Å². The molecule has 72 valence electrons. The molecule has 0 bridgehead atoms. The lowest BCUT2D eigenvalue weighted by molar-refractivity contribution is -0.109. The maximum absolute atomic E-state index is 9.96. The van der Waals surface area contributed by atoms with Gasteiger partial charge in [-0.2, -0.15) is 0 Å². The highest BCUT2D eigenvalue weighted by Gasteiger charge is 2.14. The molecule has 1 atom stereocenters. The zero-order valence-electron chi connectivity index (χ0n) is 8.68. The van der Waals surface area contributed by atoms with Crippen LogP contribution < -0.4 is 5.32 Å². The molecule has 0 aromatic heterocycles. The molecular weight excluding hydrogens is 150 g/mol. The zero-order chi connectivity index (χ0) is 9.61. The van der Waals surface area contributed by atoms with Crippen molar-refractivity contribution in [2.75, 3.05) is 6.54 Å². The van der Waals surface area contributed by atoms with E-state index >= 15 is 0 Å². The Morgan fingerprint density at radius 3 is 2.42 bits per heavy atom. The number of hydrogen-bond donors (Lipinski definition) is 1. The third-order valence-electron chi connectivity index (χ3n) is 1.83. The minimum absolute atomic E-state index is 0.403. The van der Waals surface area contributed by atoms with Crippen LogP contribution >= 0.6 is 0 Å². The molecule has 0 aromatic rings. The van der Waals surface area contributed by atoms with Crippen molar-refractivity contribution in [3.63, 3.8) is 0 Å². The summed E-state index contributed by atoms with van der Waals surface area (Å²) in [6.45, 7) is 9.78. The van der Waals surface area contributed by atoms with Crippen LogP contribution in [0, 0.1) is 11.3 Å². The normalized spacial score (nSPS) is 14.0. The van der Waals surface area contributed by atoms with Crippen LogP contribution in [0.4, 0.5) is 0 Å². The predicted octanol–water partition coefficient (Wildman–Crippen LogP) is 2.19. The molecule has 0 aliphatic heterocycles. The molecule has 0 rings (SSSR count). The summed E-state index contributed by atoms with van der Waals surface area (Å²) in [7, 11) is 0. The predicted molar refractivity (Wildman–Crippen MR) is 51.9 cm³/mol. The van der Waals surface area contributed by atoms with Crippen molar-refractivity contribution >= 4 is 6.41 Å². The van der Waals surface area contributed by atoms with Crippen LogP contribution in [0.1, 0.15) is 40.5 Å².